The van der Waals surface area contributed by atoms with Crippen molar-refractivity contribution in [2.45, 2.75) is 6.10 Å². The van der Waals surface area contributed by atoms with Crippen molar-refractivity contribution in [2.24, 2.45) is 0 Å². The zero-order valence-corrected chi connectivity index (χ0v) is 10.6. The molecular formula is C12H14N2O6. The summed E-state index contributed by atoms with van der Waals surface area (Å²) in [5.74, 6) is -1.23. The van der Waals surface area contributed by atoms with Gasteiger partial charge in [0.05, 0.1) is 29.8 Å². The number of carboxylic acids is 1. The fourth-order valence-electron chi connectivity index (χ4n) is 2.22. The molecule has 1 unspecified atom stereocenters. The molecule has 0 bridgehead atoms. The molecule has 0 radical (unpaired) electrons. The van der Waals surface area contributed by atoms with Crippen molar-refractivity contribution in [3.63, 3.8) is 0 Å². The van der Waals surface area contributed by atoms with E-state index < -0.39 is 17.0 Å². The molecule has 108 valence electrons. The quantitative estimate of drug-likeness (QED) is 0.610. The zero-order valence-electron chi connectivity index (χ0n) is 10.6. The first-order valence-electron chi connectivity index (χ1n) is 6.02. The van der Waals surface area contributed by atoms with E-state index in [1.807, 2.05) is 0 Å². The summed E-state index contributed by atoms with van der Waals surface area (Å²) in [5, 5.41) is 29.4. The third-order valence-electron chi connectivity index (χ3n) is 3.10. The van der Waals surface area contributed by atoms with Crippen LogP contribution >= 0.6 is 0 Å². The Kier molecular flexibility index (Phi) is 4.16. The second-order valence-corrected chi connectivity index (χ2v) is 4.36. The van der Waals surface area contributed by atoms with E-state index in [0.29, 0.717) is 6.54 Å². The van der Waals surface area contributed by atoms with Gasteiger partial charge in [0, 0.05) is 19.2 Å². The molecule has 0 aliphatic carbocycles. The van der Waals surface area contributed by atoms with Gasteiger partial charge in [-0.3, -0.25) is 10.1 Å². The van der Waals surface area contributed by atoms with E-state index in [-0.39, 0.29) is 36.7 Å². The molecule has 1 atom stereocenters. The van der Waals surface area contributed by atoms with Gasteiger partial charge in [0.25, 0.3) is 5.69 Å². The molecule has 8 nitrogen and oxygen atoms in total. The monoisotopic (exact) mass is 282 g/mol. The van der Waals surface area contributed by atoms with Crippen LogP contribution < -0.4 is 4.90 Å². The fourth-order valence-corrected chi connectivity index (χ4v) is 2.22. The average Bonchev–Trinajstić information content (AvgIpc) is 2.46. The van der Waals surface area contributed by atoms with Crippen LogP contribution in [0.2, 0.25) is 0 Å². The van der Waals surface area contributed by atoms with Crippen molar-refractivity contribution in [3.8, 4) is 0 Å². The second kappa shape index (κ2) is 5.85. The molecule has 1 fully saturated rings. The maximum atomic E-state index is 11.3. The van der Waals surface area contributed by atoms with Gasteiger partial charge < -0.3 is 19.8 Å². The minimum absolute atomic E-state index is 0.0618. The van der Waals surface area contributed by atoms with Gasteiger partial charge >= 0.3 is 5.97 Å². The highest BCUT2D eigenvalue weighted by Gasteiger charge is 2.30. The number of para-hydroxylation sites is 1. The minimum Gasteiger partial charge on any atom is -0.478 e. The van der Waals surface area contributed by atoms with Gasteiger partial charge in [-0.25, -0.2) is 4.79 Å². The molecule has 8 heteroatoms. The molecule has 1 aliphatic heterocycles. The van der Waals surface area contributed by atoms with Crippen LogP contribution in [-0.4, -0.2) is 53.5 Å². The van der Waals surface area contributed by atoms with Gasteiger partial charge in [-0.05, 0) is 6.07 Å². The van der Waals surface area contributed by atoms with E-state index in [1.54, 1.807) is 4.90 Å². The normalized spacial score (nSPS) is 18.9. The first kappa shape index (κ1) is 14.2. The number of anilines is 1. The van der Waals surface area contributed by atoms with Crippen LogP contribution in [0, 0.1) is 10.1 Å². The van der Waals surface area contributed by atoms with Crippen molar-refractivity contribution in [1.29, 1.82) is 0 Å². The number of nitro benzene ring substituents is 1. The van der Waals surface area contributed by atoms with Crippen LogP contribution in [-0.2, 0) is 4.74 Å². The predicted octanol–water partition coefficient (Wildman–Crippen LogP) is 0.490. The first-order valence-corrected chi connectivity index (χ1v) is 6.02. The summed E-state index contributed by atoms with van der Waals surface area (Å²) in [6.45, 7) is 0.596. The molecule has 0 saturated carbocycles. The number of hydrogen-bond acceptors (Lipinski definition) is 6. The average molecular weight is 282 g/mol. The topological polar surface area (TPSA) is 113 Å². The van der Waals surface area contributed by atoms with Crippen LogP contribution in [0.25, 0.3) is 0 Å². The molecule has 2 N–H and O–H groups in total. The molecule has 1 aromatic rings. The lowest BCUT2D eigenvalue weighted by molar-refractivity contribution is -0.384. The van der Waals surface area contributed by atoms with E-state index in [2.05, 4.69) is 0 Å². The van der Waals surface area contributed by atoms with Gasteiger partial charge in [0.15, 0.2) is 0 Å². The summed E-state index contributed by atoms with van der Waals surface area (Å²) in [6, 6.07) is 3.94. The molecule has 1 aromatic carbocycles. The molecule has 0 amide bonds. The maximum absolute atomic E-state index is 11.3. The molecule has 1 saturated heterocycles. The van der Waals surface area contributed by atoms with Crippen LogP contribution in [0.15, 0.2) is 18.2 Å². The Morgan fingerprint density at radius 3 is 2.90 bits per heavy atom. The summed E-state index contributed by atoms with van der Waals surface area (Å²) in [5.41, 5.74) is -0.326. The van der Waals surface area contributed by atoms with E-state index in [4.69, 9.17) is 9.84 Å². The van der Waals surface area contributed by atoms with Gasteiger partial charge in [-0.1, -0.05) is 6.07 Å². The maximum Gasteiger partial charge on any atom is 0.338 e. The highest BCUT2D eigenvalue weighted by atomic mass is 16.6. The predicted molar refractivity (Wildman–Crippen MR) is 69.1 cm³/mol. The lowest BCUT2D eigenvalue weighted by Gasteiger charge is -2.33. The Labute approximate surface area is 114 Å². The molecule has 2 rings (SSSR count). The number of benzene rings is 1. The fraction of sp³-hybridized carbons (Fsp3) is 0.417. The zero-order chi connectivity index (χ0) is 14.7. The summed E-state index contributed by atoms with van der Waals surface area (Å²) in [7, 11) is 0. The summed E-state index contributed by atoms with van der Waals surface area (Å²) in [6.07, 6.45) is -0.481. The van der Waals surface area contributed by atoms with Crippen molar-refractivity contribution in [2.75, 3.05) is 31.2 Å². The van der Waals surface area contributed by atoms with E-state index in [9.17, 15) is 20.0 Å². The smallest absolute Gasteiger partial charge is 0.338 e. The number of aliphatic hydroxyl groups is 1. The number of morpholine rings is 1. The number of rotatable bonds is 4. The first-order chi connectivity index (χ1) is 9.54. The third-order valence-corrected chi connectivity index (χ3v) is 3.10. The van der Waals surface area contributed by atoms with Crippen molar-refractivity contribution >= 4 is 17.3 Å². The number of nitrogens with zero attached hydrogens (tertiary/aromatic N) is 2. The lowest BCUT2D eigenvalue weighted by atomic mass is 10.1. The molecular weight excluding hydrogens is 268 g/mol. The Hall–Kier alpha value is -2.19. The molecule has 0 spiro atoms. The van der Waals surface area contributed by atoms with Gasteiger partial charge in [0.1, 0.15) is 5.69 Å². The molecule has 20 heavy (non-hydrogen) atoms. The highest BCUT2D eigenvalue weighted by molar-refractivity contribution is 5.97. The van der Waals surface area contributed by atoms with E-state index >= 15 is 0 Å². The SMILES string of the molecule is O=C(O)c1cccc([N+](=O)[O-])c1N1CCOC(CO)C1. The number of aliphatic hydroxyl groups excluding tert-OH is 1. The summed E-state index contributed by atoms with van der Waals surface area (Å²) < 4.78 is 5.27. The second-order valence-electron chi connectivity index (χ2n) is 4.36. The van der Waals surface area contributed by atoms with Crippen LogP contribution in [0.1, 0.15) is 10.4 Å². The number of hydrogen-bond donors (Lipinski definition) is 2. The van der Waals surface area contributed by atoms with E-state index in [0.717, 1.165) is 0 Å². The van der Waals surface area contributed by atoms with Crippen LogP contribution in [0.3, 0.4) is 0 Å². The number of ether oxygens (including phenoxy) is 1. The summed E-state index contributed by atoms with van der Waals surface area (Å²) >= 11 is 0. The standard InChI is InChI=1S/C12H14N2O6/c15-7-8-6-13(4-5-20-8)11-9(12(16)17)2-1-3-10(11)14(18)19/h1-3,8,15H,4-7H2,(H,16,17). The number of carboxylic acid groups (broad SMARTS) is 1. The Bertz CT molecular complexity index is 500. The van der Waals surface area contributed by atoms with Gasteiger partial charge in [0.2, 0.25) is 0 Å². The third kappa shape index (κ3) is 2.70. The Morgan fingerprint density at radius 1 is 1.55 bits per heavy atom. The van der Waals surface area contributed by atoms with Crippen molar-refractivity contribution in [3.05, 3.63) is 33.9 Å². The van der Waals surface area contributed by atoms with Crippen molar-refractivity contribution in [1.82, 2.24) is 0 Å². The van der Waals surface area contributed by atoms with Crippen molar-refractivity contribution < 1.29 is 24.7 Å². The largest absolute Gasteiger partial charge is 0.478 e. The number of nitro groups is 1. The highest BCUT2D eigenvalue weighted by Crippen LogP contribution is 2.33. The van der Waals surface area contributed by atoms with Crippen LogP contribution in [0.5, 0.6) is 0 Å². The van der Waals surface area contributed by atoms with Gasteiger partial charge in [-0.2, -0.15) is 0 Å². The number of carbonyl (C=O) groups is 1. The summed E-state index contributed by atoms with van der Waals surface area (Å²) in [4.78, 5) is 23.3. The Morgan fingerprint density at radius 2 is 2.30 bits per heavy atom. The number of aromatic carboxylic acids is 1. The minimum atomic E-state index is -1.23. The van der Waals surface area contributed by atoms with Crippen LogP contribution in [0.4, 0.5) is 11.4 Å². The van der Waals surface area contributed by atoms with Gasteiger partial charge in [-0.15, -0.1) is 0 Å². The molecule has 1 heterocycles. The lowest BCUT2D eigenvalue weighted by Crippen LogP contribution is -2.44. The molecule has 0 aromatic heterocycles. The Balaban J connectivity index is 2.47. The molecule has 1 aliphatic rings. The van der Waals surface area contributed by atoms with E-state index in [1.165, 1.54) is 18.2 Å².